The molecule has 1 saturated heterocycles. The monoisotopic (exact) mass is 349 g/mol. The average molecular weight is 349 g/mol. The van der Waals surface area contributed by atoms with E-state index in [2.05, 4.69) is 15.5 Å². The number of hydrogen-bond donors (Lipinski definition) is 2. The van der Waals surface area contributed by atoms with Gasteiger partial charge in [0.1, 0.15) is 12.2 Å². The topological polar surface area (TPSA) is 79.9 Å². The number of amides is 2. The molecule has 1 fully saturated rings. The van der Waals surface area contributed by atoms with Crippen molar-refractivity contribution in [3.05, 3.63) is 35.9 Å². The van der Waals surface area contributed by atoms with Gasteiger partial charge < -0.3 is 20.1 Å². The molecule has 2 amide bonds. The molecular formula is C18H27N3O4. The minimum atomic E-state index is -0.489. The summed E-state index contributed by atoms with van der Waals surface area (Å²) in [6.07, 6.45) is -0.812. The first-order valence-corrected chi connectivity index (χ1v) is 8.48. The summed E-state index contributed by atoms with van der Waals surface area (Å²) in [6, 6.07) is 9.64. The maximum Gasteiger partial charge on any atom is 0.407 e. The van der Waals surface area contributed by atoms with E-state index in [1.54, 1.807) is 0 Å². The van der Waals surface area contributed by atoms with Gasteiger partial charge in [-0.1, -0.05) is 30.3 Å². The van der Waals surface area contributed by atoms with Crippen LogP contribution in [-0.4, -0.2) is 54.9 Å². The first kappa shape index (κ1) is 19.1. The Morgan fingerprint density at radius 1 is 1.16 bits per heavy atom. The van der Waals surface area contributed by atoms with E-state index in [1.807, 2.05) is 51.1 Å². The summed E-state index contributed by atoms with van der Waals surface area (Å²) < 4.78 is 10.4. The fraction of sp³-hybridized carbons (Fsp3) is 0.556. The normalized spacial score (nSPS) is 15.2. The van der Waals surface area contributed by atoms with Crippen molar-refractivity contribution in [3.8, 4) is 0 Å². The van der Waals surface area contributed by atoms with Gasteiger partial charge in [-0.2, -0.15) is 0 Å². The zero-order valence-electron chi connectivity index (χ0n) is 15.1. The Bertz CT molecular complexity index is 565. The number of benzene rings is 1. The largest absolute Gasteiger partial charge is 0.445 e. The lowest BCUT2D eigenvalue weighted by molar-refractivity contribution is 0.0404. The molecule has 7 nitrogen and oxygen atoms in total. The molecule has 1 aromatic rings. The van der Waals surface area contributed by atoms with E-state index < -0.39 is 11.7 Å². The summed E-state index contributed by atoms with van der Waals surface area (Å²) in [5.74, 6) is 0. The van der Waals surface area contributed by atoms with Crippen molar-refractivity contribution in [2.45, 2.75) is 39.0 Å². The van der Waals surface area contributed by atoms with Crippen LogP contribution in [0.5, 0.6) is 0 Å². The lowest BCUT2D eigenvalue weighted by Crippen LogP contribution is -2.60. The molecule has 0 saturated carbocycles. The predicted octanol–water partition coefficient (Wildman–Crippen LogP) is 2.12. The molecule has 1 aliphatic rings. The molecule has 1 aliphatic heterocycles. The molecule has 25 heavy (non-hydrogen) atoms. The van der Waals surface area contributed by atoms with Gasteiger partial charge in [0.2, 0.25) is 0 Å². The number of nitrogens with one attached hydrogen (secondary N) is 2. The van der Waals surface area contributed by atoms with Crippen molar-refractivity contribution < 1.29 is 19.1 Å². The van der Waals surface area contributed by atoms with Crippen LogP contribution in [0.2, 0.25) is 0 Å². The first-order chi connectivity index (χ1) is 11.8. The van der Waals surface area contributed by atoms with Gasteiger partial charge in [-0.05, 0) is 26.3 Å². The molecule has 1 heterocycles. The number of alkyl carbamates (subject to hydrolysis) is 2. The number of rotatable bonds is 6. The van der Waals surface area contributed by atoms with Crippen molar-refractivity contribution >= 4 is 12.2 Å². The third-order valence-corrected chi connectivity index (χ3v) is 3.59. The minimum absolute atomic E-state index is 0.0971. The molecule has 0 atom stereocenters. The quantitative estimate of drug-likeness (QED) is 0.822. The van der Waals surface area contributed by atoms with E-state index in [-0.39, 0.29) is 18.7 Å². The van der Waals surface area contributed by atoms with Crippen molar-refractivity contribution in [1.82, 2.24) is 15.5 Å². The van der Waals surface area contributed by atoms with Crippen LogP contribution in [0.1, 0.15) is 26.3 Å². The fourth-order valence-corrected chi connectivity index (χ4v) is 2.41. The van der Waals surface area contributed by atoms with Gasteiger partial charge in [-0.25, -0.2) is 9.59 Å². The molecule has 7 heteroatoms. The molecule has 0 aliphatic carbocycles. The molecule has 0 spiro atoms. The number of ether oxygens (including phenoxy) is 2. The van der Waals surface area contributed by atoms with E-state index in [4.69, 9.17) is 9.47 Å². The summed E-state index contributed by atoms with van der Waals surface area (Å²) in [5.41, 5.74) is 0.467. The van der Waals surface area contributed by atoms with Crippen LogP contribution in [0.25, 0.3) is 0 Å². The Balaban J connectivity index is 1.51. The number of hydrogen-bond acceptors (Lipinski definition) is 5. The second-order valence-corrected chi connectivity index (χ2v) is 7.09. The molecule has 138 valence electrons. The Morgan fingerprint density at radius 2 is 1.84 bits per heavy atom. The average Bonchev–Trinajstić information content (AvgIpc) is 2.49. The Kier molecular flexibility index (Phi) is 6.64. The smallest absolute Gasteiger partial charge is 0.407 e. The predicted molar refractivity (Wildman–Crippen MR) is 94.2 cm³/mol. The molecule has 0 unspecified atom stereocenters. The molecule has 0 radical (unpaired) electrons. The molecular weight excluding hydrogens is 322 g/mol. The molecule has 0 aromatic heterocycles. The molecule has 1 aromatic carbocycles. The third kappa shape index (κ3) is 7.43. The van der Waals surface area contributed by atoms with Gasteiger partial charge in [0.05, 0.1) is 6.04 Å². The minimum Gasteiger partial charge on any atom is -0.445 e. The lowest BCUT2D eigenvalue weighted by Gasteiger charge is -2.39. The SMILES string of the molecule is CC(C)(C)OC(=O)NC1CN(CCNC(=O)OCc2ccccc2)C1. The Morgan fingerprint density at radius 3 is 2.48 bits per heavy atom. The zero-order chi connectivity index (χ0) is 18.3. The molecule has 0 bridgehead atoms. The number of likely N-dealkylation sites (tertiary alicyclic amines) is 1. The van der Waals surface area contributed by atoms with E-state index in [0.29, 0.717) is 13.1 Å². The van der Waals surface area contributed by atoms with E-state index in [1.165, 1.54) is 0 Å². The highest BCUT2D eigenvalue weighted by molar-refractivity contribution is 5.68. The van der Waals surface area contributed by atoms with Crippen molar-refractivity contribution in [3.63, 3.8) is 0 Å². The van der Waals surface area contributed by atoms with Gasteiger partial charge in [0.15, 0.2) is 0 Å². The van der Waals surface area contributed by atoms with Crippen LogP contribution in [0.3, 0.4) is 0 Å². The van der Waals surface area contributed by atoms with E-state index in [9.17, 15) is 9.59 Å². The summed E-state index contributed by atoms with van der Waals surface area (Å²) in [6.45, 7) is 8.49. The maximum atomic E-state index is 11.6. The van der Waals surface area contributed by atoms with E-state index in [0.717, 1.165) is 18.7 Å². The van der Waals surface area contributed by atoms with Crippen LogP contribution in [0.4, 0.5) is 9.59 Å². The summed E-state index contributed by atoms with van der Waals surface area (Å²) in [5, 5.41) is 5.55. The summed E-state index contributed by atoms with van der Waals surface area (Å²) in [7, 11) is 0. The second-order valence-electron chi connectivity index (χ2n) is 7.09. The summed E-state index contributed by atoms with van der Waals surface area (Å²) in [4.78, 5) is 25.4. The highest BCUT2D eigenvalue weighted by Gasteiger charge is 2.29. The van der Waals surface area contributed by atoms with Crippen LogP contribution < -0.4 is 10.6 Å². The van der Waals surface area contributed by atoms with Crippen molar-refractivity contribution in [2.24, 2.45) is 0 Å². The summed E-state index contributed by atoms with van der Waals surface area (Å²) >= 11 is 0. The van der Waals surface area contributed by atoms with Gasteiger partial charge >= 0.3 is 12.2 Å². The second kappa shape index (κ2) is 8.71. The highest BCUT2D eigenvalue weighted by atomic mass is 16.6. The first-order valence-electron chi connectivity index (χ1n) is 8.48. The zero-order valence-corrected chi connectivity index (χ0v) is 15.1. The van der Waals surface area contributed by atoms with Crippen LogP contribution in [0.15, 0.2) is 30.3 Å². The third-order valence-electron chi connectivity index (χ3n) is 3.59. The molecule has 2 rings (SSSR count). The van der Waals surface area contributed by atoms with E-state index >= 15 is 0 Å². The fourth-order valence-electron chi connectivity index (χ4n) is 2.41. The Labute approximate surface area is 148 Å². The van der Waals surface area contributed by atoms with Crippen molar-refractivity contribution in [2.75, 3.05) is 26.2 Å². The standard InChI is InChI=1S/C18H27N3O4/c1-18(2,3)25-17(23)20-15-11-21(12-15)10-9-19-16(22)24-13-14-7-5-4-6-8-14/h4-8,15H,9-13H2,1-3H3,(H,19,22)(H,20,23). The Hall–Kier alpha value is -2.28. The number of nitrogens with zero attached hydrogens (tertiary/aromatic N) is 1. The maximum absolute atomic E-state index is 11.6. The lowest BCUT2D eigenvalue weighted by atomic mass is 10.1. The number of carbonyl (C=O) groups excluding carboxylic acids is 2. The van der Waals surface area contributed by atoms with Crippen molar-refractivity contribution in [1.29, 1.82) is 0 Å². The molecule has 2 N–H and O–H groups in total. The number of carbonyl (C=O) groups is 2. The van der Waals surface area contributed by atoms with Crippen LogP contribution in [0, 0.1) is 0 Å². The van der Waals surface area contributed by atoms with Gasteiger partial charge in [0.25, 0.3) is 0 Å². The van der Waals surface area contributed by atoms with Gasteiger partial charge in [0, 0.05) is 26.2 Å². The van der Waals surface area contributed by atoms with Gasteiger partial charge in [-0.3, -0.25) is 4.90 Å². The highest BCUT2D eigenvalue weighted by Crippen LogP contribution is 2.10. The van der Waals surface area contributed by atoms with Gasteiger partial charge in [-0.15, -0.1) is 0 Å². The van der Waals surface area contributed by atoms with Crippen LogP contribution >= 0.6 is 0 Å². The van der Waals surface area contributed by atoms with Crippen LogP contribution in [-0.2, 0) is 16.1 Å².